The van der Waals surface area contributed by atoms with E-state index in [1.54, 1.807) is 11.6 Å². The number of piperidine rings is 1. The van der Waals surface area contributed by atoms with E-state index in [1.807, 2.05) is 42.4 Å². The number of carbonyl (C=O) groups excluding carboxylic acids is 1. The van der Waals surface area contributed by atoms with Crippen molar-refractivity contribution in [3.63, 3.8) is 0 Å². The average molecular weight is 476 g/mol. The lowest BCUT2D eigenvalue weighted by Crippen LogP contribution is -2.42. The van der Waals surface area contributed by atoms with Crippen LogP contribution in [0.25, 0.3) is 27.8 Å². The Balaban J connectivity index is 1.48. The smallest absolute Gasteiger partial charge is 0.236 e. The van der Waals surface area contributed by atoms with Crippen LogP contribution in [0.15, 0.2) is 30.9 Å². The Morgan fingerprint density at radius 3 is 2.69 bits per heavy atom. The van der Waals surface area contributed by atoms with Crippen molar-refractivity contribution in [1.29, 1.82) is 0 Å². The van der Waals surface area contributed by atoms with Gasteiger partial charge in [0.05, 0.1) is 31.1 Å². The van der Waals surface area contributed by atoms with Gasteiger partial charge in [-0.15, -0.1) is 0 Å². The molecule has 1 fully saturated rings. The summed E-state index contributed by atoms with van der Waals surface area (Å²) in [4.78, 5) is 29.1. The highest BCUT2D eigenvalue weighted by atomic mass is 16.5. The van der Waals surface area contributed by atoms with Gasteiger partial charge < -0.3 is 19.5 Å². The molecule has 0 atom stereocenters. The summed E-state index contributed by atoms with van der Waals surface area (Å²) >= 11 is 0. The summed E-state index contributed by atoms with van der Waals surface area (Å²) in [6, 6.07) is 4.26. The number of ether oxygens (including phenoxy) is 1. The lowest BCUT2D eigenvalue weighted by Gasteiger charge is -2.32. The third-order valence-corrected chi connectivity index (χ3v) is 6.89. The Morgan fingerprint density at radius 1 is 1.23 bits per heavy atom. The summed E-state index contributed by atoms with van der Waals surface area (Å²) in [5, 5.41) is 5.52. The molecule has 9 nitrogen and oxygen atoms in total. The number of rotatable bonds is 6. The number of nitrogens with one attached hydrogen (secondary N) is 1. The quantitative estimate of drug-likeness (QED) is 0.458. The van der Waals surface area contributed by atoms with Crippen molar-refractivity contribution in [2.45, 2.75) is 38.5 Å². The number of amides is 1. The molecule has 5 heterocycles. The van der Waals surface area contributed by atoms with E-state index in [-0.39, 0.29) is 5.91 Å². The van der Waals surface area contributed by atoms with Crippen molar-refractivity contribution in [3.8, 4) is 17.0 Å². The fourth-order valence-electron chi connectivity index (χ4n) is 5.16. The highest BCUT2D eigenvalue weighted by Crippen LogP contribution is 2.38. The number of fused-ring (bicyclic) bond motifs is 2. The van der Waals surface area contributed by atoms with Crippen molar-refractivity contribution < 1.29 is 9.53 Å². The zero-order valence-corrected chi connectivity index (χ0v) is 21.1. The largest absolute Gasteiger partial charge is 0.493 e. The Kier molecular flexibility index (Phi) is 6.19. The normalized spacial score (nSPS) is 15.1. The van der Waals surface area contributed by atoms with Crippen molar-refractivity contribution in [2.75, 3.05) is 40.8 Å². The van der Waals surface area contributed by atoms with Gasteiger partial charge in [-0.25, -0.2) is 9.50 Å². The van der Waals surface area contributed by atoms with Gasteiger partial charge in [0.2, 0.25) is 5.91 Å². The van der Waals surface area contributed by atoms with E-state index in [4.69, 9.17) is 9.72 Å². The molecule has 9 heteroatoms. The van der Waals surface area contributed by atoms with E-state index in [0.717, 1.165) is 48.4 Å². The first-order valence-electron chi connectivity index (χ1n) is 12.2. The second kappa shape index (κ2) is 9.30. The van der Waals surface area contributed by atoms with Crippen LogP contribution in [0.5, 0.6) is 5.75 Å². The van der Waals surface area contributed by atoms with Crippen LogP contribution in [0, 0.1) is 0 Å². The second-order valence-corrected chi connectivity index (χ2v) is 9.94. The molecule has 0 aromatic carbocycles. The molecular weight excluding hydrogens is 442 g/mol. The van der Waals surface area contributed by atoms with Gasteiger partial charge in [-0.3, -0.25) is 9.78 Å². The summed E-state index contributed by atoms with van der Waals surface area (Å²) in [7, 11) is 5.51. The van der Waals surface area contributed by atoms with Gasteiger partial charge >= 0.3 is 0 Å². The minimum atomic E-state index is 0.203. The standard InChI is InChI=1S/C26H33N7O2/c1-16(2)24-19-11-20(17-6-8-32(9-7-17)23(34)14-31(3)4)27-12-21(19)30-25(24)18-10-22(35-5)26-28-15-29-33(26)13-18/h10-13,15-17,30H,6-9,14H2,1-5H3. The predicted octanol–water partition coefficient (Wildman–Crippen LogP) is 3.67. The molecule has 0 bridgehead atoms. The molecule has 1 saturated heterocycles. The number of carbonyl (C=O) groups is 1. The number of aromatic amines is 1. The van der Waals surface area contributed by atoms with E-state index >= 15 is 0 Å². The molecule has 1 aliphatic heterocycles. The maximum atomic E-state index is 12.4. The van der Waals surface area contributed by atoms with E-state index in [9.17, 15) is 4.79 Å². The fraction of sp³-hybridized carbons (Fsp3) is 0.462. The number of hydrogen-bond acceptors (Lipinski definition) is 6. The first-order chi connectivity index (χ1) is 16.9. The SMILES string of the molecule is COc1cc(-c2[nH]c3cnc(C4CCN(C(=O)CN(C)C)CC4)cc3c2C(C)C)cn2ncnc12. The molecule has 4 aromatic rings. The molecule has 184 valence electrons. The molecule has 1 N–H and O–H groups in total. The van der Waals surface area contributed by atoms with Crippen LogP contribution in [0.2, 0.25) is 0 Å². The monoisotopic (exact) mass is 475 g/mol. The molecule has 0 spiro atoms. The van der Waals surface area contributed by atoms with Gasteiger partial charge in [0.1, 0.15) is 6.33 Å². The minimum Gasteiger partial charge on any atom is -0.493 e. The zero-order valence-electron chi connectivity index (χ0n) is 21.1. The molecule has 5 rings (SSSR count). The number of methoxy groups -OCH3 is 1. The maximum absolute atomic E-state index is 12.4. The predicted molar refractivity (Wildman–Crippen MR) is 136 cm³/mol. The molecule has 1 aliphatic rings. The fourth-order valence-corrected chi connectivity index (χ4v) is 5.16. The molecule has 4 aromatic heterocycles. The topological polar surface area (TPSA) is 91.7 Å². The third kappa shape index (κ3) is 4.36. The van der Waals surface area contributed by atoms with E-state index in [1.165, 1.54) is 17.3 Å². The highest BCUT2D eigenvalue weighted by Gasteiger charge is 2.26. The summed E-state index contributed by atoms with van der Waals surface area (Å²) in [6.45, 7) is 6.46. The summed E-state index contributed by atoms with van der Waals surface area (Å²) in [6.07, 6.45) is 7.34. The summed E-state index contributed by atoms with van der Waals surface area (Å²) < 4.78 is 7.34. The average Bonchev–Trinajstić information content (AvgIpc) is 3.47. The number of H-pyrrole nitrogens is 1. The van der Waals surface area contributed by atoms with Crippen LogP contribution in [-0.2, 0) is 4.79 Å². The van der Waals surface area contributed by atoms with Gasteiger partial charge in [0, 0.05) is 41.8 Å². The van der Waals surface area contributed by atoms with Crippen molar-refractivity contribution in [2.24, 2.45) is 0 Å². The molecular formula is C26H33N7O2. The van der Waals surface area contributed by atoms with Crippen LogP contribution in [0.3, 0.4) is 0 Å². The summed E-state index contributed by atoms with van der Waals surface area (Å²) in [5.74, 6) is 1.54. The van der Waals surface area contributed by atoms with E-state index in [0.29, 0.717) is 29.8 Å². The number of nitrogens with zero attached hydrogens (tertiary/aromatic N) is 6. The van der Waals surface area contributed by atoms with Crippen LogP contribution in [-0.4, -0.2) is 81.1 Å². The maximum Gasteiger partial charge on any atom is 0.236 e. The van der Waals surface area contributed by atoms with Crippen molar-refractivity contribution in [3.05, 3.63) is 42.1 Å². The first kappa shape index (κ1) is 23.3. The van der Waals surface area contributed by atoms with Gasteiger partial charge in [0.25, 0.3) is 0 Å². The van der Waals surface area contributed by atoms with Crippen molar-refractivity contribution >= 4 is 22.5 Å². The number of aromatic nitrogens is 5. The van der Waals surface area contributed by atoms with E-state index in [2.05, 4.69) is 35.0 Å². The molecule has 0 aliphatic carbocycles. The lowest BCUT2D eigenvalue weighted by molar-refractivity contribution is -0.132. The van der Waals surface area contributed by atoms with Crippen LogP contribution < -0.4 is 4.74 Å². The summed E-state index contributed by atoms with van der Waals surface area (Å²) in [5.41, 5.74) is 6.11. The van der Waals surface area contributed by atoms with Gasteiger partial charge in [0.15, 0.2) is 11.4 Å². The Hall–Kier alpha value is -3.46. The second-order valence-electron chi connectivity index (χ2n) is 9.94. The molecule has 1 amide bonds. The van der Waals surface area contributed by atoms with E-state index < -0.39 is 0 Å². The van der Waals surface area contributed by atoms with Crippen molar-refractivity contribution in [1.82, 2.24) is 34.4 Å². The number of pyridine rings is 2. The van der Waals surface area contributed by atoms with Gasteiger partial charge in [-0.1, -0.05) is 13.8 Å². The Morgan fingerprint density at radius 2 is 2.00 bits per heavy atom. The third-order valence-electron chi connectivity index (χ3n) is 6.89. The number of likely N-dealkylation sites (N-methyl/N-ethyl adjacent to an activating group) is 1. The van der Waals surface area contributed by atoms with Gasteiger partial charge in [-0.05, 0) is 50.6 Å². The molecule has 0 saturated carbocycles. The number of hydrogen-bond donors (Lipinski definition) is 1. The Bertz CT molecular complexity index is 1360. The zero-order chi connectivity index (χ0) is 24.7. The lowest BCUT2D eigenvalue weighted by atomic mass is 9.91. The minimum absolute atomic E-state index is 0.203. The van der Waals surface area contributed by atoms with Crippen LogP contribution in [0.4, 0.5) is 0 Å². The van der Waals surface area contributed by atoms with Gasteiger partial charge in [-0.2, -0.15) is 5.10 Å². The molecule has 0 radical (unpaired) electrons. The Labute approximate surface area is 205 Å². The number of likely N-dealkylation sites (tertiary alicyclic amines) is 1. The molecule has 35 heavy (non-hydrogen) atoms. The first-order valence-corrected chi connectivity index (χ1v) is 12.2. The van der Waals surface area contributed by atoms with Crippen LogP contribution >= 0.6 is 0 Å². The molecule has 0 unspecified atom stereocenters. The van der Waals surface area contributed by atoms with Crippen LogP contribution in [0.1, 0.15) is 49.8 Å². The highest BCUT2D eigenvalue weighted by molar-refractivity contribution is 5.91.